The minimum Gasteiger partial charge on any atom is -0.547 e. The summed E-state index contributed by atoms with van der Waals surface area (Å²) in [5.41, 5.74) is -0.944. The van der Waals surface area contributed by atoms with Crippen molar-refractivity contribution in [1.82, 2.24) is 0 Å². The smallest absolute Gasteiger partial charge is 0.128 e. The molecule has 3 heteroatoms. The first kappa shape index (κ1) is 4.59. The molecule has 0 saturated carbocycles. The highest BCUT2D eigenvalue weighted by Gasteiger charge is 2.40. The maximum atomic E-state index is 9.85. The Balaban J connectivity index is 2.55. The van der Waals surface area contributed by atoms with Gasteiger partial charge in [-0.1, -0.05) is 0 Å². The van der Waals surface area contributed by atoms with E-state index in [0.29, 0.717) is 6.61 Å². The number of aliphatic carboxylic acids is 1. The van der Waals surface area contributed by atoms with Crippen molar-refractivity contribution in [1.29, 1.82) is 0 Å². The van der Waals surface area contributed by atoms with Gasteiger partial charge in [0.25, 0.3) is 0 Å². The van der Waals surface area contributed by atoms with Crippen molar-refractivity contribution in [3.63, 3.8) is 0 Å². The molecule has 1 aliphatic heterocycles. The van der Waals surface area contributed by atoms with Crippen molar-refractivity contribution in [2.24, 2.45) is 0 Å². The van der Waals surface area contributed by atoms with Crippen molar-refractivity contribution in [3.05, 3.63) is 0 Å². The molecule has 1 atom stereocenters. The fourth-order valence-corrected chi connectivity index (χ4v) is 0.226. The van der Waals surface area contributed by atoms with Gasteiger partial charge in [-0.15, -0.1) is 0 Å². The summed E-state index contributed by atoms with van der Waals surface area (Å²) in [5.74, 6) is -1.12. The van der Waals surface area contributed by atoms with E-state index >= 15 is 0 Å². The van der Waals surface area contributed by atoms with Crippen LogP contribution in [-0.2, 0) is 9.53 Å². The van der Waals surface area contributed by atoms with Crippen LogP contribution in [-0.4, -0.2) is 18.2 Å². The van der Waals surface area contributed by atoms with Crippen molar-refractivity contribution < 1.29 is 14.6 Å². The Morgan fingerprint density at radius 1 is 2.00 bits per heavy atom. The summed E-state index contributed by atoms with van der Waals surface area (Å²) in [6, 6.07) is 0. The molecule has 40 valence electrons. The lowest BCUT2D eigenvalue weighted by Gasteiger charge is -2.02. The van der Waals surface area contributed by atoms with E-state index in [1.54, 1.807) is 0 Å². The summed E-state index contributed by atoms with van der Waals surface area (Å²) >= 11 is 0. The van der Waals surface area contributed by atoms with Crippen molar-refractivity contribution >= 4 is 5.97 Å². The monoisotopic (exact) mass is 101 g/mol. The Labute approximate surface area is 40.9 Å². The van der Waals surface area contributed by atoms with Crippen LogP contribution in [0.5, 0.6) is 0 Å². The molecular weight excluding hydrogens is 96.0 g/mol. The van der Waals surface area contributed by atoms with Crippen molar-refractivity contribution in [3.8, 4) is 0 Å². The number of carboxylic acid groups (broad SMARTS) is 1. The number of hydrogen-bond donors (Lipinski definition) is 0. The molecule has 1 fully saturated rings. The topological polar surface area (TPSA) is 52.7 Å². The van der Waals surface area contributed by atoms with E-state index in [4.69, 9.17) is 0 Å². The second-order valence-corrected chi connectivity index (χ2v) is 1.81. The van der Waals surface area contributed by atoms with Crippen LogP contribution in [0.2, 0.25) is 0 Å². The second kappa shape index (κ2) is 0.980. The standard InChI is InChI=1S/C4H6O3/c1-4(2-7-4)3(5)6/h2H2,1H3,(H,5,6)/p-1/t4-/m0/s1. The highest BCUT2D eigenvalue weighted by Crippen LogP contribution is 2.23. The SMILES string of the molecule is C[C@@]1(C(=O)[O-])CO1. The van der Waals surface area contributed by atoms with Gasteiger partial charge in [0.05, 0.1) is 12.6 Å². The Bertz CT molecular complexity index is 104. The molecular formula is C4H5O3-. The highest BCUT2D eigenvalue weighted by atomic mass is 16.6. The Kier molecular flexibility index (Phi) is 0.642. The lowest BCUT2D eigenvalue weighted by atomic mass is 10.2. The van der Waals surface area contributed by atoms with E-state index in [2.05, 4.69) is 4.74 Å². The van der Waals surface area contributed by atoms with Gasteiger partial charge < -0.3 is 14.6 Å². The molecule has 0 N–H and O–H groups in total. The molecule has 1 saturated heterocycles. The lowest BCUT2D eigenvalue weighted by molar-refractivity contribution is -0.311. The Morgan fingerprint density at radius 2 is 2.43 bits per heavy atom. The van der Waals surface area contributed by atoms with Gasteiger partial charge in [-0.2, -0.15) is 0 Å². The highest BCUT2D eigenvalue weighted by molar-refractivity contribution is 5.77. The maximum absolute atomic E-state index is 9.85. The van der Waals surface area contributed by atoms with Crippen LogP contribution < -0.4 is 5.11 Å². The third kappa shape index (κ3) is 0.587. The first-order chi connectivity index (χ1) is 3.15. The Hall–Kier alpha value is -0.570. The number of carbonyl (C=O) groups excluding carboxylic acids is 1. The van der Waals surface area contributed by atoms with Crippen LogP contribution in [0.3, 0.4) is 0 Å². The van der Waals surface area contributed by atoms with Gasteiger partial charge in [0.15, 0.2) is 0 Å². The van der Waals surface area contributed by atoms with Gasteiger partial charge in [-0.05, 0) is 6.92 Å². The Morgan fingerprint density at radius 3 is 2.43 bits per heavy atom. The molecule has 7 heavy (non-hydrogen) atoms. The molecule has 0 aliphatic carbocycles. The van der Waals surface area contributed by atoms with E-state index in [9.17, 15) is 9.90 Å². The van der Waals surface area contributed by atoms with E-state index in [0.717, 1.165) is 0 Å². The van der Waals surface area contributed by atoms with Crippen LogP contribution in [0.4, 0.5) is 0 Å². The quantitative estimate of drug-likeness (QED) is 0.379. The third-order valence-corrected chi connectivity index (χ3v) is 1.01. The van der Waals surface area contributed by atoms with E-state index in [1.807, 2.05) is 0 Å². The van der Waals surface area contributed by atoms with Crippen molar-refractivity contribution in [2.75, 3.05) is 6.61 Å². The molecule has 1 heterocycles. The average Bonchev–Trinajstić information content (AvgIpc) is 2.21. The minimum atomic E-state index is -1.12. The zero-order chi connectivity index (χ0) is 5.49. The molecule has 0 unspecified atom stereocenters. The molecule has 1 rings (SSSR count). The van der Waals surface area contributed by atoms with Crippen LogP contribution in [0, 0.1) is 0 Å². The zero-order valence-electron chi connectivity index (χ0n) is 3.93. The summed E-state index contributed by atoms with van der Waals surface area (Å²) in [6.45, 7) is 1.79. The first-order valence-corrected chi connectivity index (χ1v) is 2.00. The first-order valence-electron chi connectivity index (χ1n) is 2.00. The number of carbonyl (C=O) groups is 1. The van der Waals surface area contributed by atoms with E-state index in [1.165, 1.54) is 6.92 Å². The fourth-order valence-electron chi connectivity index (χ4n) is 0.226. The predicted molar refractivity (Wildman–Crippen MR) is 19.4 cm³/mol. The van der Waals surface area contributed by atoms with E-state index in [-0.39, 0.29) is 0 Å². The molecule has 3 nitrogen and oxygen atoms in total. The number of ether oxygens (including phenoxy) is 1. The maximum Gasteiger partial charge on any atom is 0.128 e. The zero-order valence-corrected chi connectivity index (χ0v) is 3.93. The van der Waals surface area contributed by atoms with E-state index < -0.39 is 11.6 Å². The molecule has 1 aliphatic rings. The van der Waals surface area contributed by atoms with Gasteiger partial charge in [0.2, 0.25) is 0 Å². The molecule has 0 bridgehead atoms. The summed E-state index contributed by atoms with van der Waals surface area (Å²) in [7, 11) is 0. The van der Waals surface area contributed by atoms with Crippen LogP contribution in [0.15, 0.2) is 0 Å². The number of rotatable bonds is 1. The van der Waals surface area contributed by atoms with Gasteiger partial charge in [0.1, 0.15) is 5.60 Å². The largest absolute Gasteiger partial charge is 0.547 e. The summed E-state index contributed by atoms with van der Waals surface area (Å²) in [5, 5.41) is 9.85. The second-order valence-electron chi connectivity index (χ2n) is 1.81. The van der Waals surface area contributed by atoms with Crippen LogP contribution in [0.25, 0.3) is 0 Å². The number of hydrogen-bond acceptors (Lipinski definition) is 3. The third-order valence-electron chi connectivity index (χ3n) is 1.01. The predicted octanol–water partition coefficient (Wildman–Crippen LogP) is -1.47. The molecule has 0 radical (unpaired) electrons. The molecule has 0 aromatic rings. The number of carboxylic acids is 1. The summed E-state index contributed by atoms with van der Waals surface area (Å²) in [6.07, 6.45) is 0. The number of epoxide rings is 1. The lowest BCUT2D eigenvalue weighted by Crippen LogP contribution is -2.36. The van der Waals surface area contributed by atoms with Gasteiger partial charge >= 0.3 is 0 Å². The molecule has 0 aromatic carbocycles. The normalized spacial score (nSPS) is 37.9. The van der Waals surface area contributed by atoms with Gasteiger partial charge in [-0.25, -0.2) is 0 Å². The summed E-state index contributed by atoms with van der Waals surface area (Å²) < 4.78 is 4.50. The van der Waals surface area contributed by atoms with Crippen LogP contribution >= 0.6 is 0 Å². The summed E-state index contributed by atoms with van der Waals surface area (Å²) in [4.78, 5) is 9.85. The van der Waals surface area contributed by atoms with Gasteiger partial charge in [0, 0.05) is 0 Å². The van der Waals surface area contributed by atoms with Crippen LogP contribution in [0.1, 0.15) is 6.92 Å². The fraction of sp³-hybridized carbons (Fsp3) is 0.750. The van der Waals surface area contributed by atoms with Crippen molar-refractivity contribution in [2.45, 2.75) is 12.5 Å². The molecule has 0 aromatic heterocycles. The minimum absolute atomic E-state index is 0.301. The average molecular weight is 101 g/mol. The molecule has 0 amide bonds. The molecule has 0 spiro atoms. The van der Waals surface area contributed by atoms with Gasteiger partial charge in [-0.3, -0.25) is 0 Å².